The van der Waals surface area contributed by atoms with Crippen LogP contribution >= 0.6 is 28.4 Å². The largest absolute Gasteiger partial charge is 0.497 e. The molecule has 0 spiro atoms. The first-order chi connectivity index (χ1) is 12.8. The number of nitrogens with one attached hydrogen (secondary N) is 1. The molecule has 3 aromatic heterocycles. The number of hydrogen-bond donors (Lipinski definition) is 1. The van der Waals surface area contributed by atoms with Crippen molar-refractivity contribution in [3.05, 3.63) is 55.1 Å². The van der Waals surface area contributed by atoms with Crippen molar-refractivity contribution in [2.45, 2.75) is 0 Å². The molecule has 0 fully saturated rings. The number of fused-ring (bicyclic) bond motifs is 1. The van der Waals surface area contributed by atoms with Gasteiger partial charge in [-0.2, -0.15) is 5.10 Å². The molecule has 0 amide bonds. The van der Waals surface area contributed by atoms with Crippen molar-refractivity contribution in [3.63, 3.8) is 0 Å². The second-order valence-electron chi connectivity index (χ2n) is 5.40. The summed E-state index contributed by atoms with van der Waals surface area (Å²) >= 11 is 2.28. The third-order valence-corrected chi connectivity index (χ3v) is 5.66. The van der Waals surface area contributed by atoms with Crippen LogP contribution in [0.15, 0.2) is 55.1 Å². The van der Waals surface area contributed by atoms with Gasteiger partial charge in [-0.3, -0.25) is 4.98 Å². The molecule has 0 aliphatic heterocycles. The molecule has 0 aliphatic rings. The monoisotopic (exact) mass is 476 g/mol. The molecule has 0 radical (unpaired) electrons. The summed E-state index contributed by atoms with van der Waals surface area (Å²) < 4.78 is 7.18. The van der Waals surface area contributed by atoms with Crippen LogP contribution in [0.3, 0.4) is 0 Å². The number of benzene rings is 1. The fourth-order valence-electron chi connectivity index (χ4n) is 2.53. The minimum atomic E-state index is 0.543. The van der Waals surface area contributed by atoms with E-state index in [0.29, 0.717) is 18.0 Å². The van der Waals surface area contributed by atoms with E-state index in [1.165, 1.54) is 0 Å². The smallest absolute Gasteiger partial charge is 0.162 e. The predicted molar refractivity (Wildman–Crippen MR) is 113 cm³/mol. The number of aromatic nitrogens is 5. The third kappa shape index (κ3) is 3.47. The summed E-state index contributed by atoms with van der Waals surface area (Å²) in [5.74, 6) is 2.07. The molecule has 130 valence electrons. The molecular weight excluding hydrogens is 462 g/mol. The van der Waals surface area contributed by atoms with E-state index in [2.05, 4.69) is 42.4 Å². The first-order valence-corrected chi connectivity index (χ1v) is 11.8. The average molecular weight is 476 g/mol. The summed E-state index contributed by atoms with van der Waals surface area (Å²) in [6, 6.07) is 9.58. The van der Waals surface area contributed by atoms with Gasteiger partial charge in [0.15, 0.2) is 5.82 Å². The van der Waals surface area contributed by atoms with Crippen LogP contribution in [0, 0.1) is 0 Å². The van der Waals surface area contributed by atoms with Crippen LogP contribution in [0.2, 0.25) is 0 Å². The Bertz CT molecular complexity index is 1070. The molecule has 1 N–H and O–H groups in total. The SMILES string of the molecule is COc1cccc(-c2nc(Nc3cnn(PI)c3)c3cnccc3n2)c1. The molecule has 1 aromatic carbocycles. The van der Waals surface area contributed by atoms with Crippen molar-refractivity contribution < 1.29 is 4.74 Å². The van der Waals surface area contributed by atoms with E-state index in [0.717, 1.165) is 27.9 Å². The number of rotatable bonds is 5. The number of anilines is 2. The Morgan fingerprint density at radius 1 is 1.19 bits per heavy atom. The number of pyridine rings is 1. The summed E-state index contributed by atoms with van der Waals surface area (Å²) in [6.45, 7) is 0. The maximum atomic E-state index is 5.31. The quantitative estimate of drug-likeness (QED) is 0.339. The highest BCUT2D eigenvalue weighted by atomic mass is 127. The Kier molecular flexibility index (Phi) is 4.94. The van der Waals surface area contributed by atoms with Gasteiger partial charge in [-0.15, -0.1) is 0 Å². The topological polar surface area (TPSA) is 77.8 Å². The molecule has 7 nitrogen and oxygen atoms in total. The van der Waals surface area contributed by atoms with Crippen molar-refractivity contribution in [2.75, 3.05) is 12.4 Å². The first kappa shape index (κ1) is 17.1. The standard InChI is InChI=1S/C17H14IN6OP/c1-25-13-4-2-3-11(7-13)16-22-15-5-6-19-9-14(15)17(23-16)21-12-8-20-24(10-12)26-18/h2-10,26H,1H3,(H,21,22,23). The van der Waals surface area contributed by atoms with Gasteiger partial charge < -0.3 is 10.1 Å². The number of methoxy groups -OCH3 is 1. The minimum absolute atomic E-state index is 0.543. The van der Waals surface area contributed by atoms with E-state index in [1.54, 1.807) is 25.7 Å². The Labute approximate surface area is 164 Å². The van der Waals surface area contributed by atoms with E-state index in [1.807, 2.05) is 41.0 Å². The van der Waals surface area contributed by atoms with Gasteiger partial charge in [0.1, 0.15) is 11.6 Å². The normalized spacial score (nSPS) is 11.3. The molecule has 3 heterocycles. The minimum Gasteiger partial charge on any atom is -0.497 e. The Balaban J connectivity index is 1.82. The maximum Gasteiger partial charge on any atom is 0.162 e. The van der Waals surface area contributed by atoms with Crippen LogP contribution in [0.4, 0.5) is 11.5 Å². The molecule has 4 rings (SSSR count). The van der Waals surface area contributed by atoms with Crippen molar-refractivity contribution in [3.8, 4) is 17.1 Å². The maximum absolute atomic E-state index is 5.31. The first-order valence-electron chi connectivity index (χ1n) is 7.71. The number of halogens is 1. The molecular formula is C17H14IN6OP. The lowest BCUT2D eigenvalue weighted by atomic mass is 10.2. The summed E-state index contributed by atoms with van der Waals surface area (Å²) in [6.07, 6.45) is 7.75. The second kappa shape index (κ2) is 7.51. The zero-order valence-corrected chi connectivity index (χ0v) is 16.9. The van der Waals surface area contributed by atoms with Gasteiger partial charge in [0.2, 0.25) is 0 Å². The Hall–Kier alpha value is -2.32. The van der Waals surface area contributed by atoms with Crippen LogP contribution in [0.25, 0.3) is 22.3 Å². The fourth-order valence-corrected chi connectivity index (χ4v) is 3.61. The molecule has 0 saturated carbocycles. The fraction of sp³-hybridized carbons (Fsp3) is 0.0588. The van der Waals surface area contributed by atoms with Crippen LogP contribution in [-0.4, -0.2) is 31.6 Å². The lowest BCUT2D eigenvalue weighted by Crippen LogP contribution is -1.99. The molecule has 9 heteroatoms. The van der Waals surface area contributed by atoms with Gasteiger partial charge in [-0.25, -0.2) is 14.4 Å². The zero-order valence-electron chi connectivity index (χ0n) is 13.7. The van der Waals surface area contributed by atoms with Crippen LogP contribution < -0.4 is 10.1 Å². The summed E-state index contributed by atoms with van der Waals surface area (Å²) in [5.41, 5.74) is 2.57. The van der Waals surface area contributed by atoms with E-state index >= 15 is 0 Å². The van der Waals surface area contributed by atoms with Gasteiger partial charge in [0, 0.05) is 18.0 Å². The van der Waals surface area contributed by atoms with Crippen molar-refractivity contribution >= 4 is 50.8 Å². The molecule has 4 aromatic rings. The molecule has 1 atom stereocenters. The Morgan fingerprint density at radius 2 is 2.12 bits per heavy atom. The zero-order chi connectivity index (χ0) is 17.9. The van der Waals surface area contributed by atoms with E-state index < -0.39 is 0 Å². The molecule has 0 saturated heterocycles. The summed E-state index contributed by atoms with van der Waals surface area (Å²) in [7, 11) is 1.64. The van der Waals surface area contributed by atoms with Crippen LogP contribution in [0.1, 0.15) is 0 Å². The number of ether oxygens (including phenoxy) is 1. The van der Waals surface area contributed by atoms with Gasteiger partial charge in [-0.05, 0) is 40.2 Å². The molecule has 0 aliphatic carbocycles. The van der Waals surface area contributed by atoms with Gasteiger partial charge in [0.25, 0.3) is 0 Å². The van der Waals surface area contributed by atoms with Gasteiger partial charge in [0.05, 0.1) is 42.5 Å². The third-order valence-electron chi connectivity index (χ3n) is 3.76. The van der Waals surface area contributed by atoms with Crippen molar-refractivity contribution in [1.29, 1.82) is 0 Å². The predicted octanol–water partition coefficient (Wildman–Crippen LogP) is 4.43. The highest BCUT2D eigenvalue weighted by Gasteiger charge is 2.11. The highest BCUT2D eigenvalue weighted by Crippen LogP contribution is 2.29. The lowest BCUT2D eigenvalue weighted by Gasteiger charge is -2.10. The summed E-state index contributed by atoms with van der Waals surface area (Å²) in [4.78, 5) is 13.6. The van der Waals surface area contributed by atoms with Gasteiger partial charge in [-0.1, -0.05) is 12.1 Å². The van der Waals surface area contributed by atoms with E-state index in [-0.39, 0.29) is 0 Å². The number of hydrogen-bond acceptors (Lipinski definition) is 6. The van der Waals surface area contributed by atoms with E-state index in [4.69, 9.17) is 9.72 Å². The average Bonchev–Trinajstić information content (AvgIpc) is 3.15. The summed E-state index contributed by atoms with van der Waals surface area (Å²) in [5, 5.41) is 8.48. The van der Waals surface area contributed by atoms with Gasteiger partial charge >= 0.3 is 0 Å². The van der Waals surface area contributed by atoms with E-state index in [9.17, 15) is 0 Å². The van der Waals surface area contributed by atoms with Crippen molar-refractivity contribution in [2.24, 2.45) is 0 Å². The number of nitrogens with zero attached hydrogens (tertiary/aromatic N) is 5. The Morgan fingerprint density at radius 3 is 2.92 bits per heavy atom. The molecule has 0 bridgehead atoms. The highest BCUT2D eigenvalue weighted by molar-refractivity contribution is 14.2. The van der Waals surface area contributed by atoms with Crippen LogP contribution in [0.5, 0.6) is 5.75 Å². The second-order valence-corrected chi connectivity index (χ2v) is 7.48. The molecule has 26 heavy (non-hydrogen) atoms. The molecule has 1 unspecified atom stereocenters. The lowest BCUT2D eigenvalue weighted by molar-refractivity contribution is 0.415. The van der Waals surface area contributed by atoms with Crippen LogP contribution in [-0.2, 0) is 0 Å². The van der Waals surface area contributed by atoms with Crippen molar-refractivity contribution in [1.82, 2.24) is 24.5 Å².